The van der Waals surface area contributed by atoms with Crippen LogP contribution in [-0.4, -0.2) is 44.3 Å². The van der Waals surface area contributed by atoms with Gasteiger partial charge in [-0.2, -0.15) is 0 Å². The Morgan fingerprint density at radius 1 is 1.15 bits per heavy atom. The van der Waals surface area contributed by atoms with Gasteiger partial charge in [0.25, 0.3) is 0 Å². The Kier molecular flexibility index (Phi) is 7.41. The standard InChI is InChI=1S/C21H27NO4S/c1-24-19-8-7-15(11-20(19)25-2)13-26-14-16(23)12-22-18-9-10-27-21-6-4-3-5-17(18)21/h3-8,11,16,18,22-23H,9-10,12-14H2,1-2H3/t16-,18+/m0/s1. The summed E-state index contributed by atoms with van der Waals surface area (Å²) in [5, 5.41) is 13.7. The molecule has 6 heteroatoms. The van der Waals surface area contributed by atoms with Gasteiger partial charge in [-0.1, -0.05) is 24.3 Å². The zero-order valence-corrected chi connectivity index (χ0v) is 16.6. The van der Waals surface area contributed by atoms with Crippen molar-refractivity contribution in [1.82, 2.24) is 5.32 Å². The van der Waals surface area contributed by atoms with Gasteiger partial charge in [0.15, 0.2) is 11.5 Å². The van der Waals surface area contributed by atoms with E-state index in [1.165, 1.54) is 10.5 Å². The molecule has 0 spiro atoms. The number of nitrogens with one attached hydrogen (secondary N) is 1. The van der Waals surface area contributed by atoms with Crippen LogP contribution in [-0.2, 0) is 11.3 Å². The first-order valence-corrected chi connectivity index (χ1v) is 10.1. The molecule has 0 unspecified atom stereocenters. The van der Waals surface area contributed by atoms with E-state index < -0.39 is 6.10 Å². The van der Waals surface area contributed by atoms with Crippen molar-refractivity contribution in [1.29, 1.82) is 0 Å². The third-order valence-electron chi connectivity index (χ3n) is 4.59. The molecule has 2 aromatic rings. The average Bonchev–Trinajstić information content (AvgIpc) is 2.72. The highest BCUT2D eigenvalue weighted by Crippen LogP contribution is 2.35. The van der Waals surface area contributed by atoms with Gasteiger partial charge >= 0.3 is 0 Å². The predicted octanol–water partition coefficient (Wildman–Crippen LogP) is 3.41. The summed E-state index contributed by atoms with van der Waals surface area (Å²) >= 11 is 1.90. The van der Waals surface area contributed by atoms with Gasteiger partial charge in [-0.05, 0) is 41.5 Å². The third-order valence-corrected chi connectivity index (χ3v) is 5.71. The number of hydrogen-bond donors (Lipinski definition) is 2. The second-order valence-corrected chi connectivity index (χ2v) is 7.63. The van der Waals surface area contributed by atoms with Crippen LogP contribution in [0.15, 0.2) is 47.4 Å². The maximum absolute atomic E-state index is 10.3. The van der Waals surface area contributed by atoms with Crippen LogP contribution < -0.4 is 14.8 Å². The van der Waals surface area contributed by atoms with E-state index in [0.717, 1.165) is 17.7 Å². The molecule has 27 heavy (non-hydrogen) atoms. The van der Waals surface area contributed by atoms with Crippen molar-refractivity contribution in [2.45, 2.75) is 30.1 Å². The monoisotopic (exact) mass is 389 g/mol. The maximum Gasteiger partial charge on any atom is 0.161 e. The number of hydrogen-bond acceptors (Lipinski definition) is 6. The van der Waals surface area contributed by atoms with E-state index in [1.807, 2.05) is 30.0 Å². The molecule has 0 fully saturated rings. The minimum absolute atomic E-state index is 0.282. The Morgan fingerprint density at radius 3 is 2.78 bits per heavy atom. The Bertz CT molecular complexity index is 740. The highest BCUT2D eigenvalue weighted by molar-refractivity contribution is 7.99. The van der Waals surface area contributed by atoms with Crippen LogP contribution in [0.5, 0.6) is 11.5 Å². The minimum Gasteiger partial charge on any atom is -0.493 e. The highest BCUT2D eigenvalue weighted by Gasteiger charge is 2.20. The van der Waals surface area contributed by atoms with Gasteiger partial charge < -0.3 is 24.6 Å². The lowest BCUT2D eigenvalue weighted by molar-refractivity contribution is 0.0274. The van der Waals surface area contributed by atoms with Crippen LogP contribution in [0.2, 0.25) is 0 Å². The SMILES string of the molecule is COc1ccc(COC[C@@H](O)CN[C@@H]2CCSc3ccccc32)cc1OC. The molecule has 0 saturated carbocycles. The highest BCUT2D eigenvalue weighted by atomic mass is 32.2. The zero-order valence-electron chi connectivity index (χ0n) is 15.8. The molecule has 2 aromatic carbocycles. The first kappa shape index (κ1) is 20.0. The number of rotatable bonds is 9. The summed E-state index contributed by atoms with van der Waals surface area (Å²) in [6.07, 6.45) is 0.521. The van der Waals surface area contributed by atoms with Gasteiger partial charge in [-0.25, -0.2) is 0 Å². The summed E-state index contributed by atoms with van der Waals surface area (Å²) in [7, 11) is 3.22. The second-order valence-electron chi connectivity index (χ2n) is 6.49. The summed E-state index contributed by atoms with van der Waals surface area (Å²) < 4.78 is 16.2. The molecular formula is C21H27NO4S. The van der Waals surface area contributed by atoms with E-state index in [4.69, 9.17) is 14.2 Å². The molecule has 0 amide bonds. The Labute approximate surface area is 165 Å². The topological polar surface area (TPSA) is 60.0 Å². The quantitative estimate of drug-likeness (QED) is 0.685. The van der Waals surface area contributed by atoms with Crippen molar-refractivity contribution in [3.8, 4) is 11.5 Å². The molecule has 0 bridgehead atoms. The van der Waals surface area contributed by atoms with Crippen LogP contribution in [0, 0.1) is 0 Å². The van der Waals surface area contributed by atoms with Crippen LogP contribution in [0.1, 0.15) is 23.6 Å². The van der Waals surface area contributed by atoms with Gasteiger partial charge in [0, 0.05) is 17.5 Å². The minimum atomic E-state index is -0.549. The maximum atomic E-state index is 10.3. The van der Waals surface area contributed by atoms with Gasteiger partial charge in [0.1, 0.15) is 0 Å². The first-order valence-electron chi connectivity index (χ1n) is 9.13. The van der Waals surface area contributed by atoms with Crippen molar-refractivity contribution >= 4 is 11.8 Å². The number of ether oxygens (including phenoxy) is 3. The van der Waals surface area contributed by atoms with E-state index in [-0.39, 0.29) is 6.61 Å². The molecule has 2 N–H and O–H groups in total. The lowest BCUT2D eigenvalue weighted by Crippen LogP contribution is -2.34. The van der Waals surface area contributed by atoms with Crippen LogP contribution >= 0.6 is 11.8 Å². The number of thioether (sulfide) groups is 1. The fourth-order valence-corrected chi connectivity index (χ4v) is 4.30. The van der Waals surface area contributed by atoms with Gasteiger partial charge in [-0.3, -0.25) is 0 Å². The zero-order chi connectivity index (χ0) is 19.1. The molecular weight excluding hydrogens is 362 g/mol. The molecule has 3 rings (SSSR count). The van der Waals surface area contributed by atoms with E-state index in [1.54, 1.807) is 14.2 Å². The van der Waals surface area contributed by atoms with Crippen molar-refractivity contribution in [3.63, 3.8) is 0 Å². The molecule has 146 valence electrons. The Hall–Kier alpha value is -1.73. The summed E-state index contributed by atoms with van der Waals surface area (Å²) in [4.78, 5) is 1.33. The summed E-state index contributed by atoms with van der Waals surface area (Å²) in [6, 6.07) is 14.4. The van der Waals surface area contributed by atoms with E-state index in [2.05, 4.69) is 29.6 Å². The van der Waals surface area contributed by atoms with Crippen molar-refractivity contribution < 1.29 is 19.3 Å². The molecule has 5 nitrogen and oxygen atoms in total. The van der Waals surface area contributed by atoms with Crippen molar-refractivity contribution in [2.24, 2.45) is 0 Å². The predicted molar refractivity (Wildman–Crippen MR) is 108 cm³/mol. The van der Waals surface area contributed by atoms with Crippen LogP contribution in [0.25, 0.3) is 0 Å². The average molecular weight is 390 g/mol. The fourth-order valence-electron chi connectivity index (χ4n) is 3.17. The number of fused-ring (bicyclic) bond motifs is 1. The normalized spacial score (nSPS) is 17.2. The number of aliphatic hydroxyl groups excluding tert-OH is 1. The van der Waals surface area contributed by atoms with E-state index in [0.29, 0.717) is 30.7 Å². The lowest BCUT2D eigenvalue weighted by Gasteiger charge is -2.27. The molecule has 1 aliphatic rings. The molecule has 0 aliphatic carbocycles. The Balaban J connectivity index is 1.44. The summed E-state index contributed by atoms with van der Waals surface area (Å²) in [5.41, 5.74) is 2.30. The molecule has 2 atom stereocenters. The second kappa shape index (κ2) is 9.99. The third kappa shape index (κ3) is 5.39. The molecule has 1 heterocycles. The molecule has 0 aromatic heterocycles. The van der Waals surface area contributed by atoms with E-state index >= 15 is 0 Å². The first-order chi connectivity index (χ1) is 13.2. The number of aliphatic hydroxyl groups is 1. The summed E-state index contributed by atoms with van der Waals surface area (Å²) in [6.45, 7) is 1.21. The molecule has 0 saturated heterocycles. The lowest BCUT2D eigenvalue weighted by atomic mass is 10.0. The van der Waals surface area contributed by atoms with Gasteiger partial charge in [0.2, 0.25) is 0 Å². The van der Waals surface area contributed by atoms with Crippen molar-refractivity contribution in [3.05, 3.63) is 53.6 Å². The molecule has 0 radical (unpaired) electrons. The van der Waals surface area contributed by atoms with Gasteiger partial charge in [0.05, 0.1) is 33.5 Å². The molecule has 1 aliphatic heterocycles. The number of benzene rings is 2. The largest absolute Gasteiger partial charge is 0.493 e. The van der Waals surface area contributed by atoms with Gasteiger partial charge in [-0.15, -0.1) is 11.8 Å². The Morgan fingerprint density at radius 2 is 1.96 bits per heavy atom. The number of methoxy groups -OCH3 is 2. The fraction of sp³-hybridized carbons (Fsp3) is 0.429. The van der Waals surface area contributed by atoms with Crippen LogP contribution in [0.3, 0.4) is 0 Å². The van der Waals surface area contributed by atoms with Crippen LogP contribution in [0.4, 0.5) is 0 Å². The van der Waals surface area contributed by atoms with Crippen molar-refractivity contribution in [2.75, 3.05) is 33.1 Å². The summed E-state index contributed by atoms with van der Waals surface area (Å²) in [5.74, 6) is 2.46. The van der Waals surface area contributed by atoms with E-state index in [9.17, 15) is 5.11 Å². The smallest absolute Gasteiger partial charge is 0.161 e.